The molecule has 0 fully saturated rings. The first kappa shape index (κ1) is 18.5. The minimum atomic E-state index is -0.0167. The second-order valence-electron chi connectivity index (χ2n) is 5.01. The maximum atomic E-state index is 12.0. The number of amides is 1. The van der Waals surface area contributed by atoms with Crippen molar-refractivity contribution in [3.8, 4) is 0 Å². The third-order valence-electron chi connectivity index (χ3n) is 3.27. The van der Waals surface area contributed by atoms with Crippen molar-refractivity contribution in [1.82, 2.24) is 0 Å². The normalized spacial score (nSPS) is 10.6. The highest BCUT2D eigenvalue weighted by atomic mass is 35.5. The Kier molecular flexibility index (Phi) is 7.09. The van der Waals surface area contributed by atoms with E-state index in [0.29, 0.717) is 21.5 Å². The van der Waals surface area contributed by atoms with Crippen molar-refractivity contribution in [3.05, 3.63) is 62.6 Å². The molecule has 0 unspecified atom stereocenters. The quantitative estimate of drug-likeness (QED) is 0.595. The molecule has 0 atom stereocenters. The molecule has 0 heterocycles. The van der Waals surface area contributed by atoms with Gasteiger partial charge in [0.2, 0.25) is 5.91 Å². The summed E-state index contributed by atoms with van der Waals surface area (Å²) < 4.78 is 0. The van der Waals surface area contributed by atoms with Crippen molar-refractivity contribution >= 4 is 58.2 Å². The first-order valence-corrected chi connectivity index (χ1v) is 9.33. The van der Waals surface area contributed by atoms with Crippen LogP contribution < -0.4 is 5.32 Å². The number of hydrogen-bond acceptors (Lipinski definition) is 2. The van der Waals surface area contributed by atoms with Crippen LogP contribution in [0.2, 0.25) is 15.1 Å². The summed E-state index contributed by atoms with van der Waals surface area (Å²) in [6, 6.07) is 11.1. The van der Waals surface area contributed by atoms with Gasteiger partial charge in [0, 0.05) is 28.6 Å². The summed E-state index contributed by atoms with van der Waals surface area (Å²) in [5.74, 6) is 1.50. The fraction of sp³-hybridized carbons (Fsp3) is 0.235. The molecule has 0 spiro atoms. The lowest BCUT2D eigenvalue weighted by Gasteiger charge is -2.09. The van der Waals surface area contributed by atoms with Gasteiger partial charge in [-0.05, 0) is 42.3 Å². The second kappa shape index (κ2) is 8.84. The van der Waals surface area contributed by atoms with E-state index in [1.54, 1.807) is 23.9 Å². The van der Waals surface area contributed by atoms with Gasteiger partial charge < -0.3 is 5.32 Å². The van der Waals surface area contributed by atoms with Crippen LogP contribution in [0, 0.1) is 6.92 Å². The summed E-state index contributed by atoms with van der Waals surface area (Å²) in [4.78, 5) is 12.0. The molecular formula is C17H16Cl3NOS. The van der Waals surface area contributed by atoms with Gasteiger partial charge in [0.15, 0.2) is 0 Å². The van der Waals surface area contributed by atoms with Gasteiger partial charge in [-0.15, -0.1) is 0 Å². The summed E-state index contributed by atoms with van der Waals surface area (Å²) in [5.41, 5.74) is 2.73. The zero-order chi connectivity index (χ0) is 16.8. The SMILES string of the molecule is Cc1c(Cl)cccc1NC(=O)CCSCc1ccc(Cl)c(Cl)c1. The molecule has 122 valence electrons. The molecule has 0 saturated carbocycles. The van der Waals surface area contributed by atoms with Crippen LogP contribution in [0.25, 0.3) is 0 Å². The van der Waals surface area contributed by atoms with E-state index in [1.807, 2.05) is 31.2 Å². The number of halogens is 3. The molecule has 23 heavy (non-hydrogen) atoms. The average molecular weight is 389 g/mol. The standard InChI is InChI=1S/C17H16Cl3NOS/c1-11-13(18)3-2-4-16(11)21-17(22)7-8-23-10-12-5-6-14(19)15(20)9-12/h2-6,9H,7-8,10H2,1H3,(H,21,22). The summed E-state index contributed by atoms with van der Waals surface area (Å²) in [7, 11) is 0. The van der Waals surface area contributed by atoms with E-state index in [1.165, 1.54) is 0 Å². The Morgan fingerprint density at radius 3 is 2.61 bits per heavy atom. The van der Waals surface area contributed by atoms with E-state index in [-0.39, 0.29) is 5.91 Å². The minimum Gasteiger partial charge on any atom is -0.326 e. The van der Waals surface area contributed by atoms with Gasteiger partial charge in [0.05, 0.1) is 10.0 Å². The van der Waals surface area contributed by atoms with E-state index in [4.69, 9.17) is 34.8 Å². The molecule has 1 amide bonds. The lowest BCUT2D eigenvalue weighted by atomic mass is 10.2. The Bertz CT molecular complexity index is 706. The second-order valence-corrected chi connectivity index (χ2v) is 7.34. The maximum absolute atomic E-state index is 12.0. The van der Waals surface area contributed by atoms with Crippen LogP contribution in [-0.2, 0) is 10.5 Å². The minimum absolute atomic E-state index is 0.0167. The molecule has 2 aromatic carbocycles. The number of anilines is 1. The number of benzene rings is 2. The van der Waals surface area contributed by atoms with E-state index in [0.717, 1.165) is 28.3 Å². The predicted molar refractivity (Wildman–Crippen MR) is 102 cm³/mol. The Balaban J connectivity index is 1.76. The van der Waals surface area contributed by atoms with Gasteiger partial charge in [-0.1, -0.05) is 46.9 Å². The molecule has 0 saturated heterocycles. The Hall–Kier alpha value is -0.870. The van der Waals surface area contributed by atoms with Crippen LogP contribution in [0.3, 0.4) is 0 Å². The van der Waals surface area contributed by atoms with Crippen LogP contribution >= 0.6 is 46.6 Å². The number of thioether (sulfide) groups is 1. The number of hydrogen-bond donors (Lipinski definition) is 1. The molecule has 1 N–H and O–H groups in total. The molecule has 2 rings (SSSR count). The largest absolute Gasteiger partial charge is 0.326 e. The fourth-order valence-electron chi connectivity index (χ4n) is 1.94. The highest BCUT2D eigenvalue weighted by Crippen LogP contribution is 2.25. The highest BCUT2D eigenvalue weighted by Gasteiger charge is 2.07. The summed E-state index contributed by atoms with van der Waals surface area (Å²) in [6.07, 6.45) is 0.442. The number of carbonyl (C=O) groups is 1. The van der Waals surface area contributed by atoms with Crippen LogP contribution in [-0.4, -0.2) is 11.7 Å². The van der Waals surface area contributed by atoms with E-state index in [9.17, 15) is 4.79 Å². The molecule has 0 radical (unpaired) electrons. The molecule has 6 heteroatoms. The Labute approximate surface area is 155 Å². The molecule has 0 bridgehead atoms. The fourth-order valence-corrected chi connectivity index (χ4v) is 3.32. The first-order valence-electron chi connectivity index (χ1n) is 7.04. The van der Waals surface area contributed by atoms with Crippen LogP contribution in [0.5, 0.6) is 0 Å². The molecule has 0 aliphatic heterocycles. The number of carbonyl (C=O) groups excluding carboxylic acids is 1. The first-order chi connectivity index (χ1) is 11.0. The molecule has 2 nitrogen and oxygen atoms in total. The zero-order valence-electron chi connectivity index (χ0n) is 12.5. The van der Waals surface area contributed by atoms with Crippen LogP contribution in [0.1, 0.15) is 17.5 Å². The van der Waals surface area contributed by atoms with Crippen molar-refractivity contribution in [2.45, 2.75) is 19.1 Å². The van der Waals surface area contributed by atoms with Gasteiger partial charge in [0.25, 0.3) is 0 Å². The topological polar surface area (TPSA) is 29.1 Å². The van der Waals surface area contributed by atoms with Gasteiger partial charge in [0.1, 0.15) is 0 Å². The lowest BCUT2D eigenvalue weighted by Crippen LogP contribution is -2.13. The molecule has 0 aromatic heterocycles. The monoisotopic (exact) mass is 387 g/mol. The van der Waals surface area contributed by atoms with Crippen molar-refractivity contribution in [3.63, 3.8) is 0 Å². The summed E-state index contributed by atoms with van der Waals surface area (Å²) in [6.45, 7) is 1.89. The lowest BCUT2D eigenvalue weighted by molar-refractivity contribution is -0.115. The van der Waals surface area contributed by atoms with Crippen LogP contribution in [0.4, 0.5) is 5.69 Å². The molecule has 0 aliphatic carbocycles. The molecule has 2 aromatic rings. The highest BCUT2D eigenvalue weighted by molar-refractivity contribution is 7.98. The summed E-state index contributed by atoms with van der Waals surface area (Å²) in [5, 5.41) is 4.65. The molecular weight excluding hydrogens is 373 g/mol. The number of rotatable bonds is 6. The average Bonchev–Trinajstić information content (AvgIpc) is 2.52. The molecule has 0 aliphatic rings. The Morgan fingerprint density at radius 2 is 1.87 bits per heavy atom. The van der Waals surface area contributed by atoms with Crippen molar-refractivity contribution < 1.29 is 4.79 Å². The van der Waals surface area contributed by atoms with Gasteiger partial charge in [-0.2, -0.15) is 11.8 Å². The van der Waals surface area contributed by atoms with E-state index < -0.39 is 0 Å². The number of nitrogens with one attached hydrogen (secondary N) is 1. The summed E-state index contributed by atoms with van der Waals surface area (Å²) >= 11 is 19.6. The van der Waals surface area contributed by atoms with Gasteiger partial charge in [-0.3, -0.25) is 4.79 Å². The zero-order valence-corrected chi connectivity index (χ0v) is 15.6. The van der Waals surface area contributed by atoms with Gasteiger partial charge in [-0.25, -0.2) is 0 Å². The maximum Gasteiger partial charge on any atom is 0.225 e. The van der Waals surface area contributed by atoms with E-state index >= 15 is 0 Å². The third kappa shape index (κ3) is 5.61. The van der Waals surface area contributed by atoms with E-state index in [2.05, 4.69) is 5.32 Å². The van der Waals surface area contributed by atoms with Gasteiger partial charge >= 0.3 is 0 Å². The predicted octanol–water partition coefficient (Wildman–Crippen LogP) is 6.22. The van der Waals surface area contributed by atoms with Crippen molar-refractivity contribution in [1.29, 1.82) is 0 Å². The Morgan fingerprint density at radius 1 is 1.09 bits per heavy atom. The smallest absolute Gasteiger partial charge is 0.225 e. The third-order valence-corrected chi connectivity index (χ3v) is 5.45. The van der Waals surface area contributed by atoms with Crippen LogP contribution in [0.15, 0.2) is 36.4 Å². The van der Waals surface area contributed by atoms with Crippen molar-refractivity contribution in [2.75, 3.05) is 11.1 Å². The van der Waals surface area contributed by atoms with Crippen molar-refractivity contribution in [2.24, 2.45) is 0 Å².